The predicted octanol–water partition coefficient (Wildman–Crippen LogP) is 4.71. The summed E-state index contributed by atoms with van der Waals surface area (Å²) in [4.78, 5) is 27.9. The van der Waals surface area contributed by atoms with Gasteiger partial charge in [0.1, 0.15) is 11.4 Å². The number of ether oxygens (including phenoxy) is 2. The van der Waals surface area contributed by atoms with Crippen LogP contribution in [-0.2, 0) is 14.3 Å². The summed E-state index contributed by atoms with van der Waals surface area (Å²) in [6.45, 7) is 11.3. The van der Waals surface area contributed by atoms with Gasteiger partial charge in [-0.15, -0.1) is 0 Å². The molecule has 0 aliphatic carbocycles. The minimum Gasteiger partial charge on any atom is -0.491 e. The van der Waals surface area contributed by atoms with Gasteiger partial charge in [0.25, 0.3) is 11.8 Å². The molecule has 2 aromatic rings. The first-order valence-electron chi connectivity index (χ1n) is 11.1. The fourth-order valence-corrected chi connectivity index (χ4v) is 3.80. The van der Waals surface area contributed by atoms with Gasteiger partial charge in [0, 0.05) is 25.4 Å². The lowest BCUT2D eigenvalue weighted by molar-refractivity contribution is -0.137. The van der Waals surface area contributed by atoms with Gasteiger partial charge in [-0.3, -0.25) is 14.5 Å². The van der Waals surface area contributed by atoms with Gasteiger partial charge in [0.2, 0.25) is 0 Å². The summed E-state index contributed by atoms with van der Waals surface area (Å²) in [5, 5.41) is 3.23. The van der Waals surface area contributed by atoms with Crippen LogP contribution in [0.15, 0.2) is 48.2 Å². The van der Waals surface area contributed by atoms with E-state index in [-0.39, 0.29) is 17.9 Å². The number of carbonyl (C=O) groups excluding carboxylic acids is 2. The Morgan fingerprint density at radius 3 is 2.22 bits per heavy atom. The van der Waals surface area contributed by atoms with Gasteiger partial charge in [-0.2, -0.15) is 0 Å². The molecule has 0 radical (unpaired) electrons. The Morgan fingerprint density at radius 2 is 1.62 bits per heavy atom. The smallest absolute Gasteiger partial charge is 0.278 e. The summed E-state index contributed by atoms with van der Waals surface area (Å²) in [5.74, 6) is 0.109. The van der Waals surface area contributed by atoms with Crippen molar-refractivity contribution in [3.63, 3.8) is 0 Å². The van der Waals surface area contributed by atoms with E-state index in [2.05, 4.69) is 11.4 Å². The Labute approximate surface area is 190 Å². The number of aryl methyl sites for hydroxylation is 2. The highest BCUT2D eigenvalue weighted by molar-refractivity contribution is 6.36. The van der Waals surface area contributed by atoms with Crippen molar-refractivity contribution in [2.75, 3.05) is 25.1 Å². The molecule has 2 aromatic carbocycles. The van der Waals surface area contributed by atoms with Gasteiger partial charge in [0.15, 0.2) is 0 Å². The molecular weight excluding hydrogens is 404 g/mol. The lowest BCUT2D eigenvalue weighted by Gasteiger charge is -2.15. The highest BCUT2D eigenvalue weighted by atomic mass is 16.5. The number of rotatable bonds is 10. The lowest BCUT2D eigenvalue weighted by Crippen LogP contribution is -2.34. The van der Waals surface area contributed by atoms with Crippen molar-refractivity contribution < 1.29 is 19.1 Å². The quantitative estimate of drug-likeness (QED) is 0.432. The van der Waals surface area contributed by atoms with Crippen LogP contribution in [0.3, 0.4) is 0 Å². The van der Waals surface area contributed by atoms with E-state index < -0.39 is 0 Å². The van der Waals surface area contributed by atoms with Crippen LogP contribution in [-0.4, -0.2) is 42.6 Å². The van der Waals surface area contributed by atoms with Gasteiger partial charge in [-0.1, -0.05) is 18.2 Å². The van der Waals surface area contributed by atoms with E-state index in [9.17, 15) is 9.59 Å². The zero-order valence-corrected chi connectivity index (χ0v) is 19.5. The van der Waals surface area contributed by atoms with Crippen molar-refractivity contribution in [2.24, 2.45) is 0 Å². The monoisotopic (exact) mass is 436 g/mol. The predicted molar refractivity (Wildman–Crippen MR) is 126 cm³/mol. The topological polar surface area (TPSA) is 67.9 Å². The number of nitrogens with one attached hydrogen (secondary N) is 1. The average molecular weight is 437 g/mol. The minimum atomic E-state index is -0.317. The van der Waals surface area contributed by atoms with Crippen molar-refractivity contribution in [3.8, 4) is 5.75 Å². The molecule has 0 saturated heterocycles. The third-order valence-electron chi connectivity index (χ3n) is 5.05. The average Bonchev–Trinajstić information content (AvgIpc) is 2.94. The molecule has 6 heteroatoms. The Kier molecular flexibility index (Phi) is 7.70. The van der Waals surface area contributed by atoms with Gasteiger partial charge in [-0.25, -0.2) is 0 Å². The third kappa shape index (κ3) is 5.56. The SMILES string of the molecule is CCOCCCN1C(=O)C(Nc2cc(C)cc(C)c2)=C(c2ccc(OC(C)C)cc2)C1=O. The van der Waals surface area contributed by atoms with Crippen molar-refractivity contribution in [1.82, 2.24) is 4.90 Å². The van der Waals surface area contributed by atoms with E-state index in [1.807, 2.05) is 71.0 Å². The summed E-state index contributed by atoms with van der Waals surface area (Å²) in [5.41, 5.74) is 4.30. The maximum atomic E-state index is 13.3. The van der Waals surface area contributed by atoms with Gasteiger partial charge in [0.05, 0.1) is 11.7 Å². The van der Waals surface area contributed by atoms with E-state index in [1.165, 1.54) is 4.90 Å². The summed E-state index contributed by atoms with van der Waals surface area (Å²) in [6.07, 6.45) is 0.647. The molecule has 32 heavy (non-hydrogen) atoms. The van der Waals surface area contributed by atoms with Crippen LogP contribution in [0.1, 0.15) is 43.9 Å². The third-order valence-corrected chi connectivity index (χ3v) is 5.05. The molecule has 3 rings (SSSR count). The van der Waals surface area contributed by atoms with Crippen LogP contribution >= 0.6 is 0 Å². The standard InChI is InChI=1S/C26H32N2O4/c1-6-31-13-7-12-28-25(29)23(20-8-10-22(11-9-20)32-17(2)3)24(26(28)30)27-21-15-18(4)14-19(5)16-21/h8-11,14-17,27H,6-7,12-13H2,1-5H3. The number of imide groups is 1. The second-order valence-electron chi connectivity index (χ2n) is 8.25. The molecule has 0 fully saturated rings. The fourth-order valence-electron chi connectivity index (χ4n) is 3.80. The Morgan fingerprint density at radius 1 is 0.969 bits per heavy atom. The van der Waals surface area contributed by atoms with Crippen LogP contribution in [0, 0.1) is 13.8 Å². The zero-order chi connectivity index (χ0) is 23.3. The number of nitrogens with zero attached hydrogens (tertiary/aromatic N) is 1. The fraction of sp³-hybridized carbons (Fsp3) is 0.385. The second-order valence-corrected chi connectivity index (χ2v) is 8.25. The maximum Gasteiger partial charge on any atom is 0.278 e. The van der Waals surface area contributed by atoms with Crippen molar-refractivity contribution in [1.29, 1.82) is 0 Å². The Hall–Kier alpha value is -3.12. The molecule has 2 amide bonds. The molecular formula is C26H32N2O4. The number of hydrogen-bond acceptors (Lipinski definition) is 5. The Bertz CT molecular complexity index is 989. The van der Waals surface area contributed by atoms with Gasteiger partial charge >= 0.3 is 0 Å². The zero-order valence-electron chi connectivity index (χ0n) is 19.5. The molecule has 0 bridgehead atoms. The Balaban J connectivity index is 1.95. The summed E-state index contributed by atoms with van der Waals surface area (Å²) in [7, 11) is 0. The molecule has 1 heterocycles. The first-order chi connectivity index (χ1) is 15.3. The summed E-state index contributed by atoms with van der Waals surface area (Å²) < 4.78 is 11.1. The second kappa shape index (κ2) is 10.5. The van der Waals surface area contributed by atoms with E-state index in [0.29, 0.717) is 43.0 Å². The normalized spacial score (nSPS) is 14.0. The first kappa shape index (κ1) is 23.5. The number of carbonyl (C=O) groups is 2. The number of benzene rings is 2. The van der Waals surface area contributed by atoms with Gasteiger partial charge in [-0.05, 0) is 82.0 Å². The van der Waals surface area contributed by atoms with Gasteiger partial charge < -0.3 is 14.8 Å². The molecule has 6 nitrogen and oxygen atoms in total. The number of amides is 2. The minimum absolute atomic E-state index is 0.0531. The number of anilines is 1. The van der Waals surface area contributed by atoms with Crippen molar-refractivity contribution in [3.05, 3.63) is 64.9 Å². The summed E-state index contributed by atoms with van der Waals surface area (Å²) >= 11 is 0. The van der Waals surface area contributed by atoms with Crippen LogP contribution in [0.2, 0.25) is 0 Å². The van der Waals surface area contributed by atoms with Crippen LogP contribution in [0.5, 0.6) is 5.75 Å². The van der Waals surface area contributed by atoms with Crippen molar-refractivity contribution >= 4 is 23.1 Å². The molecule has 0 saturated carbocycles. The molecule has 0 unspecified atom stereocenters. The molecule has 0 spiro atoms. The van der Waals surface area contributed by atoms with Crippen LogP contribution in [0.25, 0.3) is 5.57 Å². The largest absolute Gasteiger partial charge is 0.491 e. The van der Waals surface area contributed by atoms with E-state index >= 15 is 0 Å². The molecule has 0 atom stereocenters. The highest BCUT2D eigenvalue weighted by Gasteiger charge is 2.38. The number of hydrogen-bond donors (Lipinski definition) is 1. The van der Waals surface area contributed by atoms with E-state index in [0.717, 1.165) is 22.6 Å². The van der Waals surface area contributed by atoms with Crippen molar-refractivity contribution in [2.45, 2.75) is 47.1 Å². The summed E-state index contributed by atoms with van der Waals surface area (Å²) in [6, 6.07) is 13.3. The molecule has 1 N–H and O–H groups in total. The van der Waals surface area contributed by atoms with Crippen LogP contribution in [0.4, 0.5) is 5.69 Å². The molecule has 170 valence electrons. The maximum absolute atomic E-state index is 13.3. The lowest BCUT2D eigenvalue weighted by atomic mass is 10.0. The highest BCUT2D eigenvalue weighted by Crippen LogP contribution is 2.32. The van der Waals surface area contributed by atoms with E-state index in [4.69, 9.17) is 9.47 Å². The van der Waals surface area contributed by atoms with Crippen LogP contribution < -0.4 is 10.1 Å². The molecule has 1 aliphatic rings. The molecule has 1 aliphatic heterocycles. The van der Waals surface area contributed by atoms with E-state index in [1.54, 1.807) is 0 Å². The molecule has 0 aromatic heterocycles. The first-order valence-corrected chi connectivity index (χ1v) is 11.1.